The maximum absolute atomic E-state index is 12.4. The second-order valence-electron chi connectivity index (χ2n) is 4.59. The summed E-state index contributed by atoms with van der Waals surface area (Å²) in [6.45, 7) is 3.36. The van der Waals surface area contributed by atoms with Crippen molar-refractivity contribution in [3.05, 3.63) is 18.2 Å². The molecular weight excluding hydrogens is 282 g/mol. The van der Waals surface area contributed by atoms with E-state index in [4.69, 9.17) is 14.6 Å². The van der Waals surface area contributed by atoms with Crippen LogP contribution in [0.2, 0.25) is 0 Å². The zero-order valence-electron chi connectivity index (χ0n) is 12.1. The fourth-order valence-corrected chi connectivity index (χ4v) is 3.11. The van der Waals surface area contributed by atoms with E-state index in [1.54, 1.807) is 19.9 Å². The lowest BCUT2D eigenvalue weighted by Gasteiger charge is -2.20. The van der Waals surface area contributed by atoms with E-state index in [0.29, 0.717) is 5.75 Å². The van der Waals surface area contributed by atoms with E-state index < -0.39 is 16.1 Å². The average molecular weight is 303 g/mol. The van der Waals surface area contributed by atoms with Gasteiger partial charge in [0.1, 0.15) is 16.4 Å². The Morgan fingerprint density at radius 2 is 1.90 bits per heavy atom. The Bertz CT molecular complexity index is 544. The molecule has 0 bridgehead atoms. The Balaban J connectivity index is 3.14. The Morgan fingerprint density at radius 3 is 2.40 bits per heavy atom. The second kappa shape index (κ2) is 6.92. The Hall–Kier alpha value is -1.31. The van der Waals surface area contributed by atoms with Crippen LogP contribution < -0.4 is 14.2 Å². The van der Waals surface area contributed by atoms with Gasteiger partial charge >= 0.3 is 0 Å². The molecule has 0 fully saturated rings. The van der Waals surface area contributed by atoms with E-state index in [2.05, 4.69) is 4.72 Å². The zero-order valence-corrected chi connectivity index (χ0v) is 12.9. The highest BCUT2D eigenvalue weighted by molar-refractivity contribution is 7.89. The molecule has 2 N–H and O–H groups in total. The van der Waals surface area contributed by atoms with Crippen molar-refractivity contribution >= 4 is 10.0 Å². The van der Waals surface area contributed by atoms with E-state index in [0.717, 1.165) is 0 Å². The maximum Gasteiger partial charge on any atom is 0.244 e. The molecule has 6 nitrogen and oxygen atoms in total. The van der Waals surface area contributed by atoms with Gasteiger partial charge in [0.15, 0.2) is 0 Å². The normalized spacial score (nSPS) is 14.7. The van der Waals surface area contributed by atoms with Gasteiger partial charge in [-0.2, -0.15) is 0 Å². The second-order valence-corrected chi connectivity index (χ2v) is 6.27. The molecule has 1 rings (SSSR count). The lowest BCUT2D eigenvalue weighted by molar-refractivity contribution is 0.216. The van der Waals surface area contributed by atoms with Gasteiger partial charge in [0, 0.05) is 18.7 Å². The fraction of sp³-hybridized carbons (Fsp3) is 0.538. The summed E-state index contributed by atoms with van der Waals surface area (Å²) in [4.78, 5) is 0.0105. The molecule has 0 spiro atoms. The van der Waals surface area contributed by atoms with Gasteiger partial charge in [-0.1, -0.05) is 6.92 Å². The van der Waals surface area contributed by atoms with Crippen molar-refractivity contribution in [2.45, 2.75) is 24.8 Å². The monoisotopic (exact) mass is 303 g/mol. The maximum atomic E-state index is 12.4. The number of hydrogen-bond donors (Lipinski definition) is 2. The minimum absolute atomic E-state index is 0.0105. The molecule has 0 saturated heterocycles. The summed E-state index contributed by atoms with van der Waals surface area (Å²) in [6.07, 6.45) is 0. The summed E-state index contributed by atoms with van der Waals surface area (Å²) in [6, 6.07) is 4.16. The van der Waals surface area contributed by atoms with Crippen molar-refractivity contribution in [2.75, 3.05) is 20.8 Å². The number of sulfonamides is 1. The molecule has 7 heteroatoms. The first-order valence-corrected chi connectivity index (χ1v) is 7.69. The third-order valence-electron chi connectivity index (χ3n) is 3.14. The van der Waals surface area contributed by atoms with Gasteiger partial charge in [-0.05, 0) is 25.0 Å². The van der Waals surface area contributed by atoms with E-state index in [1.807, 2.05) is 0 Å². The minimum atomic E-state index is -3.76. The van der Waals surface area contributed by atoms with Crippen molar-refractivity contribution in [3.63, 3.8) is 0 Å². The number of rotatable bonds is 7. The molecule has 20 heavy (non-hydrogen) atoms. The van der Waals surface area contributed by atoms with Gasteiger partial charge in [0.05, 0.1) is 14.2 Å². The molecule has 114 valence electrons. The molecular formula is C13H21NO5S. The predicted octanol–water partition coefficient (Wildman–Crippen LogP) is 0.999. The predicted molar refractivity (Wildman–Crippen MR) is 75.6 cm³/mol. The van der Waals surface area contributed by atoms with Crippen LogP contribution in [-0.2, 0) is 10.0 Å². The number of hydrogen-bond acceptors (Lipinski definition) is 5. The van der Waals surface area contributed by atoms with Crippen LogP contribution in [0.5, 0.6) is 11.5 Å². The van der Waals surface area contributed by atoms with Crippen LogP contribution in [0.3, 0.4) is 0 Å². The van der Waals surface area contributed by atoms with Crippen LogP contribution in [0, 0.1) is 5.92 Å². The Morgan fingerprint density at radius 1 is 1.25 bits per heavy atom. The first kappa shape index (κ1) is 16.7. The highest BCUT2D eigenvalue weighted by atomic mass is 32.2. The van der Waals surface area contributed by atoms with E-state index >= 15 is 0 Å². The number of ether oxygens (including phenoxy) is 2. The largest absolute Gasteiger partial charge is 0.497 e. The van der Waals surface area contributed by atoms with Crippen LogP contribution in [0.25, 0.3) is 0 Å². The zero-order chi connectivity index (χ0) is 15.3. The summed E-state index contributed by atoms with van der Waals surface area (Å²) >= 11 is 0. The molecule has 0 heterocycles. The summed E-state index contributed by atoms with van der Waals surface area (Å²) in [7, 11) is -0.892. The Kier molecular flexibility index (Phi) is 5.79. The van der Waals surface area contributed by atoms with Crippen molar-refractivity contribution in [1.29, 1.82) is 0 Å². The minimum Gasteiger partial charge on any atom is -0.497 e. The Labute approximate surface area is 119 Å². The molecule has 2 atom stereocenters. The summed E-state index contributed by atoms with van der Waals surface area (Å²) in [5, 5.41) is 9.08. The fourth-order valence-electron chi connectivity index (χ4n) is 1.58. The standard InChI is InChI=1S/C13H21NO5S/c1-9(8-15)10(2)14-20(16,17)13-7-11(18-3)5-6-12(13)19-4/h5-7,9-10,14-15H,8H2,1-4H3. The van der Waals surface area contributed by atoms with Crippen LogP contribution in [0.15, 0.2) is 23.1 Å². The highest BCUT2D eigenvalue weighted by Crippen LogP contribution is 2.28. The summed E-state index contributed by atoms with van der Waals surface area (Å²) < 4.78 is 37.4. The molecule has 1 aromatic rings. The van der Waals surface area contributed by atoms with Gasteiger partial charge in [0.2, 0.25) is 10.0 Å². The van der Waals surface area contributed by atoms with Gasteiger partial charge in [-0.15, -0.1) is 0 Å². The van der Waals surface area contributed by atoms with Gasteiger partial charge in [-0.3, -0.25) is 0 Å². The molecule has 0 saturated carbocycles. The first-order chi connectivity index (χ1) is 9.35. The molecule has 0 aromatic heterocycles. The smallest absolute Gasteiger partial charge is 0.244 e. The molecule has 0 amide bonds. The third kappa shape index (κ3) is 3.84. The van der Waals surface area contributed by atoms with Crippen LogP contribution in [0.4, 0.5) is 0 Å². The van der Waals surface area contributed by atoms with Gasteiger partial charge < -0.3 is 14.6 Å². The van der Waals surface area contributed by atoms with E-state index in [9.17, 15) is 8.42 Å². The van der Waals surface area contributed by atoms with Gasteiger partial charge in [0.25, 0.3) is 0 Å². The number of methoxy groups -OCH3 is 2. The quantitative estimate of drug-likeness (QED) is 0.785. The lowest BCUT2D eigenvalue weighted by atomic mass is 10.1. The lowest BCUT2D eigenvalue weighted by Crippen LogP contribution is -2.38. The van der Waals surface area contributed by atoms with Crippen LogP contribution >= 0.6 is 0 Å². The molecule has 0 aliphatic carbocycles. The number of benzene rings is 1. The first-order valence-electron chi connectivity index (χ1n) is 6.21. The summed E-state index contributed by atoms with van der Waals surface area (Å²) in [5.74, 6) is 0.470. The van der Waals surface area contributed by atoms with Crippen molar-refractivity contribution in [3.8, 4) is 11.5 Å². The molecule has 2 unspecified atom stereocenters. The van der Waals surface area contributed by atoms with E-state index in [1.165, 1.54) is 26.4 Å². The average Bonchev–Trinajstić information content (AvgIpc) is 2.44. The van der Waals surface area contributed by atoms with Crippen LogP contribution in [0.1, 0.15) is 13.8 Å². The van der Waals surface area contributed by atoms with Crippen molar-refractivity contribution in [1.82, 2.24) is 4.72 Å². The molecule has 0 radical (unpaired) electrons. The third-order valence-corrected chi connectivity index (χ3v) is 4.72. The van der Waals surface area contributed by atoms with E-state index in [-0.39, 0.29) is 23.2 Å². The molecule has 0 aliphatic rings. The number of nitrogens with one attached hydrogen (secondary N) is 1. The van der Waals surface area contributed by atoms with Crippen molar-refractivity contribution < 1.29 is 23.0 Å². The molecule has 1 aromatic carbocycles. The number of aliphatic hydroxyl groups is 1. The van der Waals surface area contributed by atoms with Gasteiger partial charge in [-0.25, -0.2) is 13.1 Å². The topological polar surface area (TPSA) is 84.9 Å². The highest BCUT2D eigenvalue weighted by Gasteiger charge is 2.24. The summed E-state index contributed by atoms with van der Waals surface area (Å²) in [5.41, 5.74) is 0. The molecule has 0 aliphatic heterocycles. The van der Waals surface area contributed by atoms with Crippen molar-refractivity contribution in [2.24, 2.45) is 5.92 Å². The number of aliphatic hydroxyl groups excluding tert-OH is 1. The SMILES string of the molecule is COc1ccc(OC)c(S(=O)(=O)NC(C)C(C)CO)c1. The van der Waals surface area contributed by atoms with Crippen LogP contribution in [-0.4, -0.2) is 40.4 Å².